The maximum atomic E-state index is 6.18. The lowest BCUT2D eigenvalue weighted by atomic mass is 10.0. The average Bonchev–Trinajstić information content (AvgIpc) is 2.47. The monoisotopic (exact) mass is 255 g/mol. The van der Waals surface area contributed by atoms with Gasteiger partial charge in [0.2, 0.25) is 0 Å². The van der Waals surface area contributed by atoms with Crippen molar-refractivity contribution in [1.82, 2.24) is 4.98 Å². The Balaban J connectivity index is 2.21. The number of nitrogens with zero attached hydrogens (tertiary/aromatic N) is 2. The zero-order valence-corrected chi connectivity index (χ0v) is 11.6. The molecule has 0 aliphatic carbocycles. The molecule has 0 radical (unpaired) electrons. The topological polar surface area (TPSA) is 42.1 Å². The van der Waals surface area contributed by atoms with Crippen LogP contribution in [0.25, 0.3) is 0 Å². The summed E-state index contributed by atoms with van der Waals surface area (Å²) in [5.41, 5.74) is 9.62. The Morgan fingerprint density at radius 1 is 1.16 bits per heavy atom. The molecule has 0 aliphatic rings. The Morgan fingerprint density at radius 3 is 2.58 bits per heavy atom. The molecule has 2 rings (SSSR count). The molecule has 2 N–H and O–H groups in total. The Labute approximate surface area is 115 Å². The molecule has 0 bridgehead atoms. The van der Waals surface area contributed by atoms with Crippen LogP contribution in [0.3, 0.4) is 0 Å². The first kappa shape index (κ1) is 13.6. The molecule has 100 valence electrons. The van der Waals surface area contributed by atoms with Crippen molar-refractivity contribution >= 4 is 5.69 Å². The van der Waals surface area contributed by atoms with E-state index in [2.05, 4.69) is 42.1 Å². The van der Waals surface area contributed by atoms with Gasteiger partial charge in [0.15, 0.2) is 0 Å². The molecule has 2 aromatic rings. The van der Waals surface area contributed by atoms with Crippen LogP contribution in [0.4, 0.5) is 5.69 Å². The van der Waals surface area contributed by atoms with E-state index in [4.69, 9.17) is 5.73 Å². The fourth-order valence-electron chi connectivity index (χ4n) is 2.19. The number of hydrogen-bond acceptors (Lipinski definition) is 3. The van der Waals surface area contributed by atoms with E-state index < -0.39 is 0 Å². The first-order valence-corrected chi connectivity index (χ1v) is 6.68. The van der Waals surface area contributed by atoms with Crippen molar-refractivity contribution in [3.8, 4) is 0 Å². The Hall–Kier alpha value is -1.87. The van der Waals surface area contributed by atoms with Gasteiger partial charge in [0.1, 0.15) is 0 Å². The molecule has 0 unspecified atom stereocenters. The maximum absolute atomic E-state index is 6.18. The molecular formula is C16H21N3. The summed E-state index contributed by atoms with van der Waals surface area (Å²) in [6.07, 6.45) is 2.77. The quantitative estimate of drug-likeness (QED) is 0.892. The third kappa shape index (κ3) is 3.32. The minimum absolute atomic E-state index is 0.0855. The van der Waals surface area contributed by atoms with E-state index in [0.29, 0.717) is 0 Å². The van der Waals surface area contributed by atoms with Crippen LogP contribution in [0.15, 0.2) is 48.7 Å². The van der Waals surface area contributed by atoms with Crippen molar-refractivity contribution in [2.24, 2.45) is 5.73 Å². The molecule has 1 aromatic heterocycles. The van der Waals surface area contributed by atoms with Crippen molar-refractivity contribution < 1.29 is 0 Å². The minimum Gasteiger partial charge on any atom is -0.368 e. The maximum Gasteiger partial charge on any atom is 0.0598 e. The normalized spacial score (nSPS) is 12.2. The van der Waals surface area contributed by atoms with Gasteiger partial charge >= 0.3 is 0 Å². The molecule has 0 fully saturated rings. The van der Waals surface area contributed by atoms with Gasteiger partial charge in [-0.05, 0) is 30.2 Å². The van der Waals surface area contributed by atoms with Crippen molar-refractivity contribution in [3.05, 3.63) is 59.9 Å². The number of rotatable bonds is 5. The highest BCUT2D eigenvalue weighted by molar-refractivity contribution is 5.54. The van der Waals surface area contributed by atoms with Crippen molar-refractivity contribution in [3.63, 3.8) is 0 Å². The van der Waals surface area contributed by atoms with Gasteiger partial charge in [-0.2, -0.15) is 0 Å². The lowest BCUT2D eigenvalue weighted by molar-refractivity contribution is 0.693. The summed E-state index contributed by atoms with van der Waals surface area (Å²) in [6, 6.07) is 14.4. The second kappa shape index (κ2) is 6.34. The largest absolute Gasteiger partial charge is 0.368 e. The van der Waals surface area contributed by atoms with Crippen molar-refractivity contribution in [2.75, 3.05) is 11.9 Å². The number of anilines is 1. The number of hydrogen-bond donors (Lipinski definition) is 1. The molecule has 0 aliphatic heterocycles. The van der Waals surface area contributed by atoms with Gasteiger partial charge in [-0.3, -0.25) is 4.98 Å². The van der Waals surface area contributed by atoms with Gasteiger partial charge in [-0.25, -0.2) is 0 Å². The highest BCUT2D eigenvalue weighted by Gasteiger charge is 2.12. The molecule has 19 heavy (non-hydrogen) atoms. The standard InChI is InChI=1S/C16H21N3/c1-3-15(17)14-9-4-5-10-16(14)19(2)12-13-8-6-7-11-18-13/h4-11,15H,3,12,17H2,1-2H3/t15-/m1/s1. The number of nitrogens with two attached hydrogens (primary N) is 1. The van der Waals surface area contributed by atoms with E-state index >= 15 is 0 Å². The number of aromatic nitrogens is 1. The van der Waals surface area contributed by atoms with Crippen LogP contribution in [0.1, 0.15) is 30.6 Å². The fourth-order valence-corrected chi connectivity index (χ4v) is 2.19. The zero-order valence-electron chi connectivity index (χ0n) is 11.6. The van der Waals surface area contributed by atoms with Crippen LogP contribution in [0, 0.1) is 0 Å². The van der Waals surface area contributed by atoms with Crippen LogP contribution in [-0.2, 0) is 6.54 Å². The molecule has 0 saturated carbocycles. The number of pyridine rings is 1. The predicted molar refractivity (Wildman–Crippen MR) is 80.0 cm³/mol. The van der Waals surface area contributed by atoms with E-state index in [1.807, 2.05) is 30.5 Å². The lowest BCUT2D eigenvalue weighted by Gasteiger charge is -2.24. The first-order chi connectivity index (χ1) is 9.22. The van der Waals surface area contributed by atoms with Crippen LogP contribution >= 0.6 is 0 Å². The van der Waals surface area contributed by atoms with E-state index in [9.17, 15) is 0 Å². The molecule has 0 amide bonds. The Kier molecular flexibility index (Phi) is 4.53. The SMILES string of the molecule is CC[C@@H](N)c1ccccc1N(C)Cc1ccccn1. The van der Waals surface area contributed by atoms with Gasteiger partial charge in [-0.1, -0.05) is 31.2 Å². The van der Waals surface area contributed by atoms with Gasteiger partial charge in [0.05, 0.1) is 12.2 Å². The van der Waals surface area contributed by atoms with Crippen LogP contribution in [0.2, 0.25) is 0 Å². The fraction of sp³-hybridized carbons (Fsp3) is 0.312. The first-order valence-electron chi connectivity index (χ1n) is 6.68. The summed E-state index contributed by atoms with van der Waals surface area (Å²) in [5, 5.41) is 0. The minimum atomic E-state index is 0.0855. The highest BCUT2D eigenvalue weighted by Crippen LogP contribution is 2.26. The Bertz CT molecular complexity index is 510. The van der Waals surface area contributed by atoms with Crippen molar-refractivity contribution in [2.45, 2.75) is 25.9 Å². The molecule has 1 aromatic carbocycles. The van der Waals surface area contributed by atoms with Gasteiger partial charge in [0.25, 0.3) is 0 Å². The third-order valence-electron chi connectivity index (χ3n) is 3.31. The van der Waals surface area contributed by atoms with Crippen molar-refractivity contribution in [1.29, 1.82) is 0 Å². The Morgan fingerprint density at radius 2 is 1.89 bits per heavy atom. The average molecular weight is 255 g/mol. The van der Waals surface area contributed by atoms with Crippen LogP contribution in [0.5, 0.6) is 0 Å². The van der Waals surface area contributed by atoms with E-state index in [1.165, 1.54) is 11.3 Å². The molecule has 3 heteroatoms. The second-order valence-electron chi connectivity index (χ2n) is 4.75. The van der Waals surface area contributed by atoms with E-state index in [1.54, 1.807) is 0 Å². The summed E-state index contributed by atoms with van der Waals surface area (Å²) in [4.78, 5) is 6.57. The lowest BCUT2D eigenvalue weighted by Crippen LogP contribution is -2.21. The molecule has 1 heterocycles. The predicted octanol–water partition coefficient (Wildman–Crippen LogP) is 3.13. The van der Waals surface area contributed by atoms with Gasteiger partial charge in [-0.15, -0.1) is 0 Å². The summed E-state index contributed by atoms with van der Waals surface area (Å²) in [5.74, 6) is 0. The number of benzene rings is 1. The molecular weight excluding hydrogens is 234 g/mol. The summed E-state index contributed by atoms with van der Waals surface area (Å²) in [6.45, 7) is 2.90. The zero-order chi connectivity index (χ0) is 13.7. The van der Waals surface area contributed by atoms with Crippen LogP contribution < -0.4 is 10.6 Å². The van der Waals surface area contributed by atoms with Gasteiger partial charge in [0, 0.05) is 25.0 Å². The smallest absolute Gasteiger partial charge is 0.0598 e. The molecule has 1 atom stereocenters. The molecule has 0 saturated heterocycles. The summed E-state index contributed by atoms with van der Waals surface area (Å²) in [7, 11) is 2.08. The second-order valence-corrected chi connectivity index (χ2v) is 4.75. The van der Waals surface area contributed by atoms with Gasteiger partial charge < -0.3 is 10.6 Å². The van der Waals surface area contributed by atoms with Crippen LogP contribution in [-0.4, -0.2) is 12.0 Å². The van der Waals surface area contributed by atoms with E-state index in [0.717, 1.165) is 18.7 Å². The highest BCUT2D eigenvalue weighted by atomic mass is 15.1. The molecule has 0 spiro atoms. The number of para-hydroxylation sites is 1. The summed E-state index contributed by atoms with van der Waals surface area (Å²) >= 11 is 0. The molecule has 3 nitrogen and oxygen atoms in total. The summed E-state index contributed by atoms with van der Waals surface area (Å²) < 4.78 is 0. The van der Waals surface area contributed by atoms with E-state index in [-0.39, 0.29) is 6.04 Å². The third-order valence-corrected chi connectivity index (χ3v) is 3.31.